The zero-order chi connectivity index (χ0) is 28.3. The van der Waals surface area contributed by atoms with E-state index in [0.717, 1.165) is 35.1 Å². The molecule has 39 heavy (non-hydrogen) atoms. The third-order valence-corrected chi connectivity index (χ3v) is 7.43. The molecule has 1 fully saturated rings. The van der Waals surface area contributed by atoms with Crippen LogP contribution in [0.4, 0.5) is 26.3 Å². The van der Waals surface area contributed by atoms with Crippen molar-refractivity contribution in [2.75, 3.05) is 13.1 Å². The van der Waals surface area contributed by atoms with Crippen LogP contribution in [0, 0.1) is 0 Å². The molecule has 13 heteroatoms. The van der Waals surface area contributed by atoms with Gasteiger partial charge in [0.15, 0.2) is 11.5 Å². The van der Waals surface area contributed by atoms with Gasteiger partial charge in [-0.25, -0.2) is 18.0 Å². The number of imidazole rings is 1. The number of benzene rings is 1. The van der Waals surface area contributed by atoms with E-state index in [2.05, 4.69) is 10.2 Å². The SMILES string of the molecule is Cn1cnnc1C(C)(F)[C@](C)(F)c1cccc(-n2cc3c(C(F)(F)F)cc(CN4CC[C@H](F)C4)cn3c2=O)c1. The van der Waals surface area contributed by atoms with Crippen molar-refractivity contribution in [1.29, 1.82) is 0 Å². The van der Waals surface area contributed by atoms with Crippen LogP contribution in [0.2, 0.25) is 0 Å². The predicted molar refractivity (Wildman–Crippen MR) is 131 cm³/mol. The maximum absolute atomic E-state index is 16.1. The lowest BCUT2D eigenvalue weighted by Gasteiger charge is -2.33. The standard InChI is InChI=1S/C26H26F6N6O/c1-24(28,25(2,29)22-34-33-15-35(22)3)17-5-4-6-19(10-17)37-14-21-20(26(30,31)32)9-16(12-38(21)23(37)39)11-36-8-7-18(27)13-36/h4-6,9-10,12,14-15,18H,7-8,11,13H2,1-3H3/t18-,24+,25?/m0/s1. The molecule has 0 amide bonds. The second kappa shape index (κ2) is 9.25. The molecule has 1 aliphatic rings. The van der Waals surface area contributed by atoms with Crippen LogP contribution in [-0.4, -0.2) is 47.9 Å². The van der Waals surface area contributed by atoms with Crippen molar-refractivity contribution in [1.82, 2.24) is 28.6 Å². The van der Waals surface area contributed by atoms with Crippen LogP contribution in [0.15, 0.2) is 53.8 Å². The number of nitrogens with zero attached hydrogens (tertiary/aromatic N) is 6. The molecule has 3 atom stereocenters. The molecule has 0 bridgehead atoms. The quantitative estimate of drug-likeness (QED) is 0.321. The number of likely N-dealkylation sites (tertiary alicyclic amines) is 1. The summed E-state index contributed by atoms with van der Waals surface area (Å²) < 4.78 is 90.8. The van der Waals surface area contributed by atoms with Crippen LogP contribution < -0.4 is 5.69 Å². The van der Waals surface area contributed by atoms with E-state index in [-0.39, 0.29) is 35.7 Å². The van der Waals surface area contributed by atoms with E-state index in [4.69, 9.17) is 0 Å². The molecular formula is C26H26F6N6O. The average molecular weight is 553 g/mol. The van der Waals surface area contributed by atoms with Gasteiger partial charge in [-0.1, -0.05) is 12.1 Å². The molecule has 208 valence electrons. The molecule has 1 unspecified atom stereocenters. The van der Waals surface area contributed by atoms with E-state index in [1.54, 1.807) is 4.90 Å². The Bertz CT molecular complexity index is 1580. The molecule has 0 saturated carbocycles. The summed E-state index contributed by atoms with van der Waals surface area (Å²) >= 11 is 0. The van der Waals surface area contributed by atoms with E-state index in [0.29, 0.717) is 13.0 Å². The number of alkyl halides is 6. The smallest absolute Gasteiger partial charge is 0.318 e. The highest BCUT2D eigenvalue weighted by molar-refractivity contribution is 5.58. The fourth-order valence-corrected chi connectivity index (χ4v) is 5.07. The molecule has 4 heterocycles. The molecule has 3 aromatic heterocycles. The Labute approximate surface area is 219 Å². The Hall–Kier alpha value is -3.61. The summed E-state index contributed by atoms with van der Waals surface area (Å²) in [6.07, 6.45) is -1.98. The van der Waals surface area contributed by atoms with Crippen molar-refractivity contribution in [2.24, 2.45) is 7.05 Å². The highest BCUT2D eigenvalue weighted by Crippen LogP contribution is 2.46. The number of pyridine rings is 1. The van der Waals surface area contributed by atoms with E-state index in [1.165, 1.54) is 48.4 Å². The number of rotatable bonds is 6. The van der Waals surface area contributed by atoms with E-state index in [9.17, 15) is 22.4 Å². The number of hydrogen-bond donors (Lipinski definition) is 0. The number of aromatic nitrogens is 5. The van der Waals surface area contributed by atoms with Crippen molar-refractivity contribution in [3.05, 3.63) is 82.1 Å². The molecular weight excluding hydrogens is 526 g/mol. The molecule has 5 rings (SSSR count). The molecule has 1 aromatic carbocycles. The van der Waals surface area contributed by atoms with Gasteiger partial charge in [-0.15, -0.1) is 10.2 Å². The number of hydrogen-bond acceptors (Lipinski definition) is 4. The normalized spacial score (nSPS) is 19.9. The lowest BCUT2D eigenvalue weighted by Crippen LogP contribution is -2.40. The van der Waals surface area contributed by atoms with Crippen molar-refractivity contribution < 1.29 is 26.3 Å². The average Bonchev–Trinajstić information content (AvgIpc) is 3.57. The first-order valence-electron chi connectivity index (χ1n) is 12.2. The highest BCUT2D eigenvalue weighted by Gasteiger charge is 2.52. The summed E-state index contributed by atoms with van der Waals surface area (Å²) in [4.78, 5) is 15.0. The lowest BCUT2D eigenvalue weighted by molar-refractivity contribution is -0.136. The van der Waals surface area contributed by atoms with Gasteiger partial charge in [0.2, 0.25) is 5.67 Å². The minimum Gasteiger partial charge on any atom is -0.318 e. The van der Waals surface area contributed by atoms with Gasteiger partial charge in [0.25, 0.3) is 0 Å². The first kappa shape index (κ1) is 27.0. The topological polar surface area (TPSA) is 60.4 Å². The first-order valence-corrected chi connectivity index (χ1v) is 12.2. The molecule has 1 aliphatic heterocycles. The fraction of sp³-hybridized carbons (Fsp3) is 0.423. The Balaban J connectivity index is 1.60. The molecule has 0 spiro atoms. The van der Waals surface area contributed by atoms with Crippen molar-refractivity contribution >= 4 is 5.52 Å². The maximum atomic E-state index is 16.1. The van der Waals surface area contributed by atoms with Crippen LogP contribution in [-0.2, 0) is 31.1 Å². The van der Waals surface area contributed by atoms with Crippen LogP contribution in [0.1, 0.15) is 42.8 Å². The van der Waals surface area contributed by atoms with Gasteiger partial charge in [-0.2, -0.15) is 13.2 Å². The second-order valence-corrected chi connectivity index (χ2v) is 10.2. The van der Waals surface area contributed by atoms with E-state index < -0.39 is 40.5 Å². The van der Waals surface area contributed by atoms with Gasteiger partial charge in [0.05, 0.1) is 16.8 Å². The molecule has 7 nitrogen and oxygen atoms in total. The van der Waals surface area contributed by atoms with Crippen LogP contribution in [0.5, 0.6) is 0 Å². The summed E-state index contributed by atoms with van der Waals surface area (Å²) in [5.74, 6) is -0.260. The van der Waals surface area contributed by atoms with Crippen LogP contribution >= 0.6 is 0 Å². The second-order valence-electron chi connectivity index (χ2n) is 10.2. The summed E-state index contributed by atoms with van der Waals surface area (Å²) in [7, 11) is 1.47. The number of halogens is 6. The van der Waals surface area contributed by atoms with Gasteiger partial charge in [-0.3, -0.25) is 13.9 Å². The number of fused-ring (bicyclic) bond motifs is 1. The minimum absolute atomic E-state index is 0.0455. The summed E-state index contributed by atoms with van der Waals surface area (Å²) in [5.41, 5.74) is -7.45. The summed E-state index contributed by atoms with van der Waals surface area (Å²) in [6.45, 7) is 2.59. The Morgan fingerprint density at radius 3 is 2.41 bits per heavy atom. The Morgan fingerprint density at radius 2 is 1.79 bits per heavy atom. The molecule has 0 aliphatic carbocycles. The molecule has 4 aromatic rings. The third-order valence-electron chi connectivity index (χ3n) is 7.43. The summed E-state index contributed by atoms with van der Waals surface area (Å²) in [5, 5.41) is 7.30. The largest absolute Gasteiger partial charge is 0.418 e. The monoisotopic (exact) mass is 552 g/mol. The van der Waals surface area contributed by atoms with E-state index in [1.807, 2.05) is 0 Å². The van der Waals surface area contributed by atoms with Gasteiger partial charge < -0.3 is 4.57 Å². The Morgan fingerprint density at radius 1 is 1.05 bits per heavy atom. The van der Waals surface area contributed by atoms with E-state index >= 15 is 8.78 Å². The third kappa shape index (κ3) is 4.62. The Kier molecular flexibility index (Phi) is 6.40. The van der Waals surface area contributed by atoms with Crippen LogP contribution in [0.25, 0.3) is 11.2 Å². The van der Waals surface area contributed by atoms with Crippen molar-refractivity contribution in [3.8, 4) is 5.69 Å². The molecule has 1 saturated heterocycles. The first-order chi connectivity index (χ1) is 18.2. The maximum Gasteiger partial charge on any atom is 0.418 e. The minimum atomic E-state index is -4.78. The number of aryl methyl sites for hydroxylation is 1. The highest BCUT2D eigenvalue weighted by atomic mass is 19.4. The predicted octanol–water partition coefficient (Wildman–Crippen LogP) is 4.85. The van der Waals surface area contributed by atoms with Gasteiger partial charge in [0, 0.05) is 39.1 Å². The lowest BCUT2D eigenvalue weighted by atomic mass is 9.82. The van der Waals surface area contributed by atoms with Crippen molar-refractivity contribution in [2.45, 2.75) is 50.5 Å². The van der Waals surface area contributed by atoms with Gasteiger partial charge >= 0.3 is 11.9 Å². The summed E-state index contributed by atoms with van der Waals surface area (Å²) in [6, 6.07) is 6.30. The van der Waals surface area contributed by atoms with Crippen molar-refractivity contribution in [3.63, 3.8) is 0 Å². The van der Waals surface area contributed by atoms with Crippen LogP contribution in [0.3, 0.4) is 0 Å². The zero-order valence-corrected chi connectivity index (χ0v) is 21.4. The van der Waals surface area contributed by atoms with Gasteiger partial charge in [0.1, 0.15) is 12.5 Å². The molecule has 0 radical (unpaired) electrons. The zero-order valence-electron chi connectivity index (χ0n) is 21.4. The molecule has 0 N–H and O–H groups in total. The van der Waals surface area contributed by atoms with Gasteiger partial charge in [-0.05, 0) is 49.6 Å². The fourth-order valence-electron chi connectivity index (χ4n) is 5.07.